The fraction of sp³-hybridized carbons (Fsp3) is 0.182. The van der Waals surface area contributed by atoms with E-state index in [1.54, 1.807) is 12.1 Å². The van der Waals surface area contributed by atoms with E-state index in [0.29, 0.717) is 6.54 Å². The molecule has 1 heterocycles. The van der Waals surface area contributed by atoms with Crippen LogP contribution in [0.5, 0.6) is 5.75 Å². The molecule has 2 aromatic rings. The lowest BCUT2D eigenvalue weighted by atomic mass is 10.1. The number of nitrogens with one attached hydrogen (secondary N) is 1. The molecule has 0 radical (unpaired) electrons. The van der Waals surface area contributed by atoms with Crippen molar-refractivity contribution < 1.29 is 5.11 Å². The topological polar surface area (TPSA) is 71.2 Å². The van der Waals surface area contributed by atoms with Gasteiger partial charge in [0.25, 0.3) is 0 Å². The number of nitrogens with zero attached hydrogens (tertiary/aromatic N) is 1. The molecule has 0 saturated heterocycles. The van der Waals surface area contributed by atoms with Gasteiger partial charge in [-0.3, -0.25) is 4.98 Å². The second-order valence-corrected chi connectivity index (χ2v) is 3.32. The first-order valence-electron chi connectivity index (χ1n) is 4.75. The van der Waals surface area contributed by atoms with Gasteiger partial charge in [0.1, 0.15) is 5.75 Å². The summed E-state index contributed by atoms with van der Waals surface area (Å²) in [4.78, 5) is 4.34. The third-order valence-corrected chi connectivity index (χ3v) is 2.32. The fourth-order valence-electron chi connectivity index (χ4n) is 1.58. The second kappa shape index (κ2) is 3.74. The Bertz CT molecular complexity index is 496. The predicted octanol–water partition coefficient (Wildman–Crippen LogP) is 1.44. The Morgan fingerprint density at radius 1 is 1.40 bits per heavy atom. The standard InChI is InChI=1S/C11H13N3O/c1-13-10-4-7(6-12)14-11-5-8(15)2-3-9(10)11/h2-5,15H,6,12H2,1H3,(H,13,14). The lowest BCUT2D eigenvalue weighted by molar-refractivity contribution is 0.476. The fourth-order valence-corrected chi connectivity index (χ4v) is 1.58. The van der Waals surface area contributed by atoms with Crippen LogP contribution < -0.4 is 11.1 Å². The number of nitrogens with two attached hydrogens (primary N) is 1. The van der Waals surface area contributed by atoms with Gasteiger partial charge in [-0.1, -0.05) is 0 Å². The maximum atomic E-state index is 9.37. The van der Waals surface area contributed by atoms with Crippen molar-refractivity contribution in [2.45, 2.75) is 6.54 Å². The first kappa shape index (κ1) is 9.73. The number of aromatic hydroxyl groups is 1. The van der Waals surface area contributed by atoms with E-state index in [-0.39, 0.29) is 5.75 Å². The Morgan fingerprint density at radius 2 is 2.20 bits per heavy atom. The molecule has 0 aliphatic carbocycles. The van der Waals surface area contributed by atoms with Gasteiger partial charge in [0.15, 0.2) is 0 Å². The zero-order valence-electron chi connectivity index (χ0n) is 8.49. The van der Waals surface area contributed by atoms with Gasteiger partial charge in [0.2, 0.25) is 0 Å². The molecule has 4 N–H and O–H groups in total. The number of hydrogen-bond acceptors (Lipinski definition) is 4. The van der Waals surface area contributed by atoms with Gasteiger partial charge < -0.3 is 16.2 Å². The van der Waals surface area contributed by atoms with Gasteiger partial charge >= 0.3 is 0 Å². The van der Waals surface area contributed by atoms with Crippen LogP contribution in [0.15, 0.2) is 24.3 Å². The largest absolute Gasteiger partial charge is 0.508 e. The van der Waals surface area contributed by atoms with Gasteiger partial charge in [-0.2, -0.15) is 0 Å². The number of fused-ring (bicyclic) bond motifs is 1. The Balaban J connectivity index is 2.74. The van der Waals surface area contributed by atoms with Gasteiger partial charge in [-0.05, 0) is 18.2 Å². The molecule has 4 nitrogen and oxygen atoms in total. The number of phenols is 1. The summed E-state index contributed by atoms with van der Waals surface area (Å²) in [5.74, 6) is 0.214. The van der Waals surface area contributed by atoms with E-state index >= 15 is 0 Å². The molecule has 0 bridgehead atoms. The molecule has 0 atom stereocenters. The summed E-state index contributed by atoms with van der Waals surface area (Å²) >= 11 is 0. The van der Waals surface area contributed by atoms with Crippen LogP contribution in [0.25, 0.3) is 10.9 Å². The van der Waals surface area contributed by atoms with Crippen molar-refractivity contribution in [1.29, 1.82) is 0 Å². The van der Waals surface area contributed by atoms with Crippen molar-refractivity contribution in [3.8, 4) is 5.75 Å². The van der Waals surface area contributed by atoms with Gasteiger partial charge in [0.05, 0.1) is 11.2 Å². The van der Waals surface area contributed by atoms with Gasteiger partial charge in [-0.15, -0.1) is 0 Å². The molecule has 0 aliphatic rings. The zero-order valence-corrected chi connectivity index (χ0v) is 8.49. The quantitative estimate of drug-likeness (QED) is 0.690. The molecule has 4 heteroatoms. The Morgan fingerprint density at radius 3 is 2.87 bits per heavy atom. The third kappa shape index (κ3) is 1.71. The van der Waals surface area contributed by atoms with Crippen LogP contribution in [0.1, 0.15) is 5.69 Å². The molecule has 0 spiro atoms. The lowest BCUT2D eigenvalue weighted by Crippen LogP contribution is -2.01. The first-order chi connectivity index (χ1) is 7.24. The van der Waals surface area contributed by atoms with Crippen LogP contribution in [0, 0.1) is 0 Å². The average molecular weight is 203 g/mol. The number of hydrogen-bond donors (Lipinski definition) is 3. The summed E-state index contributed by atoms with van der Waals surface area (Å²) in [6.07, 6.45) is 0. The summed E-state index contributed by atoms with van der Waals surface area (Å²) in [6, 6.07) is 7.03. The lowest BCUT2D eigenvalue weighted by Gasteiger charge is -2.08. The Kier molecular flexibility index (Phi) is 2.43. The summed E-state index contributed by atoms with van der Waals surface area (Å²) in [5, 5.41) is 13.4. The van der Waals surface area contributed by atoms with Crippen LogP contribution in [0.3, 0.4) is 0 Å². The maximum Gasteiger partial charge on any atom is 0.117 e. The van der Waals surface area contributed by atoms with Crippen LogP contribution in [-0.4, -0.2) is 17.1 Å². The number of rotatable bonds is 2. The minimum atomic E-state index is 0.214. The van der Waals surface area contributed by atoms with E-state index in [0.717, 1.165) is 22.3 Å². The van der Waals surface area contributed by atoms with E-state index in [9.17, 15) is 5.11 Å². The maximum absolute atomic E-state index is 9.37. The normalized spacial score (nSPS) is 10.5. The number of anilines is 1. The van der Waals surface area contributed by atoms with Crippen LogP contribution >= 0.6 is 0 Å². The van der Waals surface area contributed by atoms with Crippen molar-refractivity contribution >= 4 is 16.6 Å². The smallest absolute Gasteiger partial charge is 0.117 e. The molecule has 0 saturated carbocycles. The zero-order chi connectivity index (χ0) is 10.8. The molecule has 78 valence electrons. The van der Waals surface area contributed by atoms with Crippen molar-refractivity contribution in [3.63, 3.8) is 0 Å². The predicted molar refractivity (Wildman–Crippen MR) is 60.8 cm³/mol. The van der Waals surface area contributed by atoms with Crippen molar-refractivity contribution in [2.24, 2.45) is 5.73 Å². The number of aromatic nitrogens is 1. The minimum Gasteiger partial charge on any atom is -0.508 e. The highest BCUT2D eigenvalue weighted by Gasteiger charge is 2.04. The van der Waals surface area contributed by atoms with Crippen molar-refractivity contribution in [1.82, 2.24) is 4.98 Å². The minimum absolute atomic E-state index is 0.214. The molecule has 15 heavy (non-hydrogen) atoms. The monoisotopic (exact) mass is 203 g/mol. The molecular weight excluding hydrogens is 190 g/mol. The van der Waals surface area contributed by atoms with E-state index in [4.69, 9.17) is 5.73 Å². The summed E-state index contributed by atoms with van der Waals surface area (Å²) in [6.45, 7) is 0.389. The van der Waals surface area contributed by atoms with Crippen LogP contribution in [0.4, 0.5) is 5.69 Å². The van der Waals surface area contributed by atoms with E-state index in [1.807, 2.05) is 19.2 Å². The molecule has 0 amide bonds. The Labute approximate surface area is 87.7 Å². The molecule has 1 aromatic heterocycles. The summed E-state index contributed by atoms with van der Waals surface area (Å²) < 4.78 is 0. The first-order valence-corrected chi connectivity index (χ1v) is 4.75. The van der Waals surface area contributed by atoms with Gasteiger partial charge in [-0.25, -0.2) is 0 Å². The molecule has 2 rings (SSSR count). The highest BCUT2D eigenvalue weighted by molar-refractivity contribution is 5.92. The number of benzene rings is 1. The van der Waals surface area contributed by atoms with Crippen molar-refractivity contribution in [3.05, 3.63) is 30.0 Å². The molecule has 0 aliphatic heterocycles. The van der Waals surface area contributed by atoms with E-state index < -0.39 is 0 Å². The van der Waals surface area contributed by atoms with E-state index in [1.165, 1.54) is 0 Å². The van der Waals surface area contributed by atoms with Crippen molar-refractivity contribution in [2.75, 3.05) is 12.4 Å². The highest BCUT2D eigenvalue weighted by atomic mass is 16.3. The number of pyridine rings is 1. The summed E-state index contributed by atoms with van der Waals surface area (Å²) in [5.41, 5.74) is 8.08. The van der Waals surface area contributed by atoms with Crippen LogP contribution in [-0.2, 0) is 6.54 Å². The third-order valence-electron chi connectivity index (χ3n) is 2.32. The highest BCUT2D eigenvalue weighted by Crippen LogP contribution is 2.25. The number of phenolic OH excluding ortho intramolecular Hbond substituents is 1. The molecule has 0 unspecified atom stereocenters. The molecular formula is C11H13N3O. The average Bonchev–Trinajstić information content (AvgIpc) is 2.26. The SMILES string of the molecule is CNc1cc(CN)nc2cc(O)ccc12. The van der Waals surface area contributed by atoms with E-state index in [2.05, 4.69) is 10.3 Å². The second-order valence-electron chi connectivity index (χ2n) is 3.32. The van der Waals surface area contributed by atoms with Gasteiger partial charge in [0, 0.05) is 30.7 Å². The summed E-state index contributed by atoms with van der Waals surface area (Å²) in [7, 11) is 1.85. The molecule has 1 aromatic carbocycles. The molecule has 0 fully saturated rings. The Hall–Kier alpha value is -1.81. The van der Waals surface area contributed by atoms with Crippen LogP contribution in [0.2, 0.25) is 0 Å².